The van der Waals surface area contributed by atoms with Crippen molar-refractivity contribution in [2.24, 2.45) is 5.92 Å². The summed E-state index contributed by atoms with van der Waals surface area (Å²) in [7, 11) is 0. The van der Waals surface area contributed by atoms with Crippen LogP contribution in [0.4, 0.5) is 0 Å². The van der Waals surface area contributed by atoms with Crippen LogP contribution in [0, 0.1) is 5.92 Å². The van der Waals surface area contributed by atoms with Gasteiger partial charge in [0.25, 0.3) is 0 Å². The van der Waals surface area contributed by atoms with Crippen LogP contribution >= 0.6 is 0 Å². The first-order chi connectivity index (χ1) is 5.09. The van der Waals surface area contributed by atoms with Crippen molar-refractivity contribution in [1.82, 2.24) is 0 Å². The van der Waals surface area contributed by atoms with Crippen molar-refractivity contribution in [2.75, 3.05) is 0 Å². The van der Waals surface area contributed by atoms with Gasteiger partial charge in [-0.25, -0.2) is 0 Å². The van der Waals surface area contributed by atoms with Crippen molar-refractivity contribution < 1.29 is 19.8 Å². The number of carboxylic acid groups (broad SMARTS) is 2. The summed E-state index contributed by atoms with van der Waals surface area (Å²) in [6, 6.07) is 0. The molecule has 0 unspecified atom stereocenters. The summed E-state index contributed by atoms with van der Waals surface area (Å²) in [6.07, 6.45) is 1.68. The summed E-state index contributed by atoms with van der Waals surface area (Å²) in [6.45, 7) is 1.89. The molecule has 0 amide bonds. The Kier molecular flexibility index (Phi) is 9.60. The van der Waals surface area contributed by atoms with E-state index >= 15 is 0 Å². The van der Waals surface area contributed by atoms with Crippen molar-refractivity contribution in [1.29, 1.82) is 0 Å². The number of carboxylic acids is 2. The van der Waals surface area contributed by atoms with Crippen LogP contribution in [0.1, 0.15) is 26.2 Å². The zero-order valence-corrected chi connectivity index (χ0v) is 6.41. The van der Waals surface area contributed by atoms with E-state index in [-0.39, 0.29) is 44.2 Å². The zero-order chi connectivity index (χ0) is 8.85. The molecule has 0 spiro atoms. The Morgan fingerprint density at radius 1 is 1.25 bits per heavy atom. The fraction of sp³-hybridized carbons (Fsp3) is 0.714. The predicted octanol–water partition coefficient (Wildman–Crippen LogP) is 0.0458. The van der Waals surface area contributed by atoms with Crippen molar-refractivity contribution in [3.05, 3.63) is 0 Å². The third-order valence-corrected chi connectivity index (χ3v) is 1.44. The summed E-state index contributed by atoms with van der Waals surface area (Å²) in [5.41, 5.74) is 0. The van der Waals surface area contributed by atoms with Gasteiger partial charge in [-0.15, -0.1) is 0 Å². The minimum atomic E-state index is -1.24. The molecule has 0 atom stereocenters. The molecule has 0 saturated heterocycles. The van der Waals surface area contributed by atoms with E-state index in [2.05, 4.69) is 0 Å². The maximum atomic E-state index is 10.3. The van der Waals surface area contributed by atoms with Crippen LogP contribution in [0.5, 0.6) is 0 Å². The normalized spacial score (nSPS) is 9.17. The molecule has 0 aromatic heterocycles. The van der Waals surface area contributed by atoms with E-state index in [0.717, 1.165) is 6.42 Å². The monoisotopic (exact) mass is 202 g/mol. The molecule has 0 aromatic rings. The van der Waals surface area contributed by atoms with Crippen molar-refractivity contribution >= 4 is 49.7 Å². The molecular weight excluding hydrogens is 188 g/mol. The molecule has 0 aliphatic rings. The van der Waals surface area contributed by atoms with Crippen LogP contribution in [0.25, 0.3) is 0 Å². The Morgan fingerprint density at radius 2 is 1.67 bits per heavy atom. The molecule has 0 aliphatic heterocycles. The van der Waals surface area contributed by atoms with E-state index < -0.39 is 17.9 Å². The van der Waals surface area contributed by atoms with Crippen LogP contribution in [0.15, 0.2) is 0 Å². The Morgan fingerprint density at radius 3 is 1.92 bits per heavy atom. The number of hydrogen-bond acceptors (Lipinski definition) is 2. The summed E-state index contributed by atoms with van der Waals surface area (Å²) < 4.78 is 0. The Bertz CT molecular complexity index is 143. The molecule has 0 aliphatic carbocycles. The molecule has 0 fully saturated rings. The van der Waals surface area contributed by atoms with Crippen LogP contribution in [-0.4, -0.2) is 59.9 Å². The summed E-state index contributed by atoms with van der Waals surface area (Å²) in [5.74, 6) is -3.72. The molecule has 0 bridgehead atoms. The fourth-order valence-electron chi connectivity index (χ4n) is 0.761. The second kappa shape index (κ2) is 7.83. The third-order valence-electron chi connectivity index (χ3n) is 1.44. The Hall–Kier alpha value is 0.200. The van der Waals surface area contributed by atoms with Gasteiger partial charge in [0.2, 0.25) is 0 Å². The maximum absolute atomic E-state index is 10.3. The summed E-state index contributed by atoms with van der Waals surface area (Å²) in [4.78, 5) is 20.5. The van der Waals surface area contributed by atoms with Crippen molar-refractivity contribution in [2.45, 2.75) is 26.2 Å². The SMILES string of the molecule is CCCCC(C(=O)O)C(=O)O.[CaH2]. The quantitative estimate of drug-likeness (QED) is 0.488. The molecule has 4 nitrogen and oxygen atoms in total. The van der Waals surface area contributed by atoms with E-state index in [0.29, 0.717) is 6.42 Å². The first kappa shape index (κ1) is 14.7. The molecule has 0 saturated carbocycles. The average Bonchev–Trinajstić information content (AvgIpc) is 1.87. The number of aliphatic carboxylic acids is 2. The van der Waals surface area contributed by atoms with E-state index in [1.165, 1.54) is 0 Å². The minimum absolute atomic E-state index is 0. The number of carbonyl (C=O) groups is 2. The molecule has 2 N–H and O–H groups in total. The Labute approximate surface area is 101 Å². The second-order valence-electron chi connectivity index (χ2n) is 2.37. The van der Waals surface area contributed by atoms with E-state index in [1.807, 2.05) is 6.92 Å². The third kappa shape index (κ3) is 5.80. The van der Waals surface area contributed by atoms with Crippen LogP contribution in [0.3, 0.4) is 0 Å². The van der Waals surface area contributed by atoms with Gasteiger partial charge in [0.15, 0.2) is 5.92 Å². The molecule has 5 heteroatoms. The van der Waals surface area contributed by atoms with Gasteiger partial charge < -0.3 is 10.2 Å². The van der Waals surface area contributed by atoms with Crippen molar-refractivity contribution in [3.8, 4) is 0 Å². The standard InChI is InChI=1S/C7H12O4.Ca.2H/c1-2-3-4-5(6(8)9)7(10)11;;;/h5H,2-4H2,1H3,(H,8,9)(H,10,11);;;. The first-order valence-electron chi connectivity index (χ1n) is 3.55. The first-order valence-corrected chi connectivity index (χ1v) is 3.55. The average molecular weight is 202 g/mol. The van der Waals surface area contributed by atoms with Crippen LogP contribution < -0.4 is 0 Å². The molecule has 0 heterocycles. The zero-order valence-electron chi connectivity index (χ0n) is 6.41. The van der Waals surface area contributed by atoms with E-state index in [9.17, 15) is 9.59 Å². The number of rotatable bonds is 5. The molecule has 0 radical (unpaired) electrons. The van der Waals surface area contributed by atoms with Gasteiger partial charge in [0.1, 0.15) is 0 Å². The van der Waals surface area contributed by atoms with Gasteiger partial charge in [0, 0.05) is 0 Å². The van der Waals surface area contributed by atoms with Gasteiger partial charge in [-0.3, -0.25) is 9.59 Å². The van der Waals surface area contributed by atoms with E-state index in [4.69, 9.17) is 10.2 Å². The number of unbranched alkanes of at least 4 members (excludes halogenated alkanes) is 1. The van der Waals surface area contributed by atoms with Gasteiger partial charge in [-0.2, -0.15) is 0 Å². The number of hydrogen-bond donors (Lipinski definition) is 2. The van der Waals surface area contributed by atoms with Gasteiger partial charge in [-0.1, -0.05) is 19.8 Å². The fourth-order valence-corrected chi connectivity index (χ4v) is 0.761. The predicted molar refractivity (Wildman–Crippen MR) is 46.8 cm³/mol. The molecule has 0 rings (SSSR count). The summed E-state index contributed by atoms with van der Waals surface area (Å²) >= 11 is 0. The summed E-state index contributed by atoms with van der Waals surface area (Å²) in [5, 5.41) is 16.8. The molecular formula is C7H14CaO4. The molecule has 0 aromatic carbocycles. The molecule has 12 heavy (non-hydrogen) atoms. The molecule has 68 valence electrons. The van der Waals surface area contributed by atoms with Gasteiger partial charge in [-0.05, 0) is 6.42 Å². The Balaban J connectivity index is 0. The van der Waals surface area contributed by atoms with Crippen molar-refractivity contribution in [3.63, 3.8) is 0 Å². The van der Waals surface area contributed by atoms with Gasteiger partial charge >= 0.3 is 49.7 Å². The van der Waals surface area contributed by atoms with Crippen LogP contribution in [-0.2, 0) is 9.59 Å². The topological polar surface area (TPSA) is 74.6 Å². The van der Waals surface area contributed by atoms with E-state index in [1.54, 1.807) is 0 Å². The second-order valence-corrected chi connectivity index (χ2v) is 2.37. The van der Waals surface area contributed by atoms with Crippen LogP contribution in [0.2, 0.25) is 0 Å². The van der Waals surface area contributed by atoms with Gasteiger partial charge in [0.05, 0.1) is 0 Å².